The van der Waals surface area contributed by atoms with Crippen molar-refractivity contribution in [2.24, 2.45) is 0 Å². The van der Waals surface area contributed by atoms with Gasteiger partial charge in [-0.2, -0.15) is 5.10 Å². The molecule has 1 atom stereocenters. The van der Waals surface area contributed by atoms with Gasteiger partial charge in [-0.15, -0.1) is 0 Å². The van der Waals surface area contributed by atoms with Crippen LogP contribution in [-0.2, 0) is 4.79 Å². The molecule has 2 aromatic heterocycles. The van der Waals surface area contributed by atoms with Crippen molar-refractivity contribution in [3.63, 3.8) is 0 Å². The molecule has 6 rings (SSSR count). The first-order chi connectivity index (χ1) is 16.5. The van der Waals surface area contributed by atoms with Gasteiger partial charge in [0.2, 0.25) is 0 Å². The van der Waals surface area contributed by atoms with Gasteiger partial charge in [0.05, 0.1) is 40.2 Å². The lowest BCUT2D eigenvalue weighted by atomic mass is 10.0. The summed E-state index contributed by atoms with van der Waals surface area (Å²) in [5.41, 5.74) is 7.50. The molecule has 0 aromatic carbocycles. The molecule has 0 aliphatic carbocycles. The van der Waals surface area contributed by atoms with Gasteiger partial charge in [-0.3, -0.25) is 19.6 Å². The van der Waals surface area contributed by atoms with E-state index in [-0.39, 0.29) is 5.91 Å². The fraction of sp³-hybridized carbons (Fsp3) is 0.370. The predicted octanol–water partition coefficient (Wildman–Crippen LogP) is 3.59. The molecule has 0 radical (unpaired) electrons. The largest absolute Gasteiger partial charge is 0.367 e. The van der Waals surface area contributed by atoms with Crippen LogP contribution < -0.4 is 0 Å². The zero-order valence-corrected chi connectivity index (χ0v) is 20.0. The summed E-state index contributed by atoms with van der Waals surface area (Å²) >= 11 is 0. The van der Waals surface area contributed by atoms with Crippen LogP contribution in [0.3, 0.4) is 0 Å². The Balaban J connectivity index is 1.33. The van der Waals surface area contributed by atoms with E-state index in [0.29, 0.717) is 6.04 Å². The molecule has 7 nitrogen and oxygen atoms in total. The van der Waals surface area contributed by atoms with Crippen molar-refractivity contribution in [2.75, 3.05) is 26.2 Å². The number of hydrogen-bond donors (Lipinski definition) is 0. The number of carbonyl (C=O) groups is 1. The minimum absolute atomic E-state index is 0.0573. The molecular weight excluding hydrogens is 424 g/mol. The second-order valence-electron chi connectivity index (χ2n) is 9.71. The van der Waals surface area contributed by atoms with E-state index in [4.69, 9.17) is 5.10 Å². The first kappa shape index (κ1) is 21.1. The maximum absolute atomic E-state index is 13.5. The fourth-order valence-electron chi connectivity index (χ4n) is 5.60. The van der Waals surface area contributed by atoms with Crippen LogP contribution in [0, 0.1) is 13.8 Å². The highest BCUT2D eigenvalue weighted by molar-refractivity contribution is 5.99. The van der Waals surface area contributed by atoms with Crippen molar-refractivity contribution < 1.29 is 4.79 Å². The normalized spacial score (nSPS) is 27.1. The fourth-order valence-corrected chi connectivity index (χ4v) is 5.60. The molecule has 7 heteroatoms. The zero-order chi connectivity index (χ0) is 23.4. The standard InChI is InChI=1S/C27H30N6O/c1-18-12-23(31-11-10-30-9-5-7-22(30)16-31)17-32-25(18)8-4-6-21(13-27(32)34)24-14-26-20(3)28-19(2)15-33(26)29-24/h4,6,8,12-15,17,22H,5,7,9-11,16H2,1-3H3/b6-4+,21-13+,25-8+/t22-/m1/s1. The minimum Gasteiger partial charge on any atom is -0.367 e. The van der Waals surface area contributed by atoms with E-state index >= 15 is 0 Å². The third kappa shape index (κ3) is 3.60. The second kappa shape index (κ2) is 8.09. The molecule has 0 saturated carbocycles. The van der Waals surface area contributed by atoms with Crippen molar-refractivity contribution in [1.29, 1.82) is 0 Å². The summed E-state index contributed by atoms with van der Waals surface area (Å²) in [4.78, 5) is 24.9. The number of hydrogen-bond acceptors (Lipinski definition) is 5. The molecule has 2 aromatic rings. The molecule has 34 heavy (non-hydrogen) atoms. The number of nitrogens with zero attached hydrogens (tertiary/aromatic N) is 6. The van der Waals surface area contributed by atoms with Gasteiger partial charge in [0.15, 0.2) is 0 Å². The number of rotatable bonds is 2. The Morgan fingerprint density at radius 3 is 2.85 bits per heavy atom. The third-order valence-corrected chi connectivity index (χ3v) is 7.34. The van der Waals surface area contributed by atoms with Crippen LogP contribution in [0.4, 0.5) is 0 Å². The average molecular weight is 455 g/mol. The van der Waals surface area contributed by atoms with Gasteiger partial charge in [-0.1, -0.05) is 12.2 Å². The number of fused-ring (bicyclic) bond motifs is 3. The minimum atomic E-state index is -0.0573. The van der Waals surface area contributed by atoms with Gasteiger partial charge >= 0.3 is 0 Å². The van der Waals surface area contributed by atoms with Crippen LogP contribution in [-0.4, -0.2) is 67.4 Å². The van der Waals surface area contributed by atoms with Crippen molar-refractivity contribution >= 4 is 17.0 Å². The lowest BCUT2D eigenvalue weighted by Gasteiger charge is -2.41. The number of allylic oxidation sites excluding steroid dienone is 6. The molecule has 174 valence electrons. The smallest absolute Gasteiger partial charge is 0.255 e. The van der Waals surface area contributed by atoms with Crippen molar-refractivity contribution in [3.8, 4) is 0 Å². The lowest BCUT2D eigenvalue weighted by Crippen LogP contribution is -2.49. The molecular formula is C27H30N6O. The number of amides is 1. The first-order valence-corrected chi connectivity index (χ1v) is 12.1. The van der Waals surface area contributed by atoms with Crippen LogP contribution in [0.15, 0.2) is 65.8 Å². The summed E-state index contributed by atoms with van der Waals surface area (Å²) in [5, 5.41) is 4.73. The average Bonchev–Trinajstić information content (AvgIpc) is 3.44. The van der Waals surface area contributed by atoms with E-state index in [1.807, 2.05) is 55.1 Å². The molecule has 2 saturated heterocycles. The van der Waals surface area contributed by atoms with Gasteiger partial charge < -0.3 is 4.90 Å². The van der Waals surface area contributed by atoms with Crippen LogP contribution >= 0.6 is 0 Å². The summed E-state index contributed by atoms with van der Waals surface area (Å²) < 4.78 is 1.85. The predicted molar refractivity (Wildman–Crippen MR) is 133 cm³/mol. The highest BCUT2D eigenvalue weighted by Crippen LogP contribution is 2.31. The van der Waals surface area contributed by atoms with Gasteiger partial charge in [0.25, 0.3) is 5.91 Å². The van der Waals surface area contributed by atoms with Crippen molar-refractivity contribution in [2.45, 2.75) is 39.7 Å². The van der Waals surface area contributed by atoms with Gasteiger partial charge in [0.1, 0.15) is 0 Å². The Bertz CT molecular complexity index is 1340. The summed E-state index contributed by atoms with van der Waals surface area (Å²) in [6.07, 6.45) is 16.4. The van der Waals surface area contributed by atoms with E-state index in [9.17, 15) is 4.79 Å². The van der Waals surface area contributed by atoms with Gasteiger partial charge in [-0.25, -0.2) is 4.52 Å². The lowest BCUT2D eigenvalue weighted by molar-refractivity contribution is -0.122. The summed E-state index contributed by atoms with van der Waals surface area (Å²) in [5.74, 6) is -0.0573. The maximum Gasteiger partial charge on any atom is 0.255 e. The third-order valence-electron chi connectivity index (χ3n) is 7.34. The summed E-state index contributed by atoms with van der Waals surface area (Å²) in [6.45, 7) is 10.4. The highest BCUT2D eigenvalue weighted by atomic mass is 16.2. The van der Waals surface area contributed by atoms with E-state index in [0.717, 1.165) is 64.8 Å². The van der Waals surface area contributed by atoms with Crippen molar-refractivity contribution in [1.82, 2.24) is 29.3 Å². The first-order valence-electron chi connectivity index (χ1n) is 12.1. The molecule has 0 bridgehead atoms. The van der Waals surface area contributed by atoms with E-state index in [1.165, 1.54) is 19.4 Å². The van der Waals surface area contributed by atoms with Crippen LogP contribution in [0.5, 0.6) is 0 Å². The van der Waals surface area contributed by atoms with E-state index < -0.39 is 0 Å². The number of piperazine rings is 1. The summed E-state index contributed by atoms with van der Waals surface area (Å²) in [6, 6.07) is 2.63. The summed E-state index contributed by atoms with van der Waals surface area (Å²) in [7, 11) is 0. The molecule has 2 fully saturated rings. The van der Waals surface area contributed by atoms with E-state index in [1.54, 1.807) is 11.0 Å². The topological polar surface area (TPSA) is 57.0 Å². The van der Waals surface area contributed by atoms with Gasteiger partial charge in [0, 0.05) is 43.5 Å². The number of carbonyl (C=O) groups excluding carboxylic acids is 1. The Morgan fingerprint density at radius 1 is 1.09 bits per heavy atom. The zero-order valence-electron chi connectivity index (χ0n) is 20.0. The second-order valence-corrected chi connectivity index (χ2v) is 9.71. The Kier molecular flexibility index (Phi) is 5.03. The molecule has 0 spiro atoms. The van der Waals surface area contributed by atoms with Crippen molar-refractivity contribution in [3.05, 3.63) is 82.9 Å². The number of aromatic nitrogens is 3. The van der Waals surface area contributed by atoms with Crippen LogP contribution in [0.1, 0.15) is 36.8 Å². The van der Waals surface area contributed by atoms with Gasteiger partial charge in [-0.05, 0) is 63.9 Å². The Morgan fingerprint density at radius 2 is 1.97 bits per heavy atom. The van der Waals surface area contributed by atoms with Crippen LogP contribution in [0.2, 0.25) is 0 Å². The molecule has 4 aliphatic heterocycles. The molecule has 6 heterocycles. The molecule has 1 amide bonds. The molecule has 0 N–H and O–H groups in total. The maximum atomic E-state index is 13.5. The Hall–Kier alpha value is -3.45. The molecule has 0 unspecified atom stereocenters. The molecule has 4 aliphatic rings. The SMILES string of the molecule is CC1=CC(N2CCN3CCC[C@@H]3C2)=CN2C(=O)\C=C(c3cc4c(C)nc(C)cn4n3)/C=C/C=C\12. The quantitative estimate of drug-likeness (QED) is 0.694. The monoisotopic (exact) mass is 454 g/mol. The Labute approximate surface area is 200 Å². The highest BCUT2D eigenvalue weighted by Gasteiger charge is 2.32. The number of aryl methyl sites for hydroxylation is 2. The van der Waals surface area contributed by atoms with Crippen LogP contribution in [0.25, 0.3) is 11.1 Å². The van der Waals surface area contributed by atoms with E-state index in [2.05, 4.69) is 27.8 Å².